The number of hydrogen-bond acceptors (Lipinski definition) is 4. The number of allylic oxidation sites excluding steroid dienone is 3. The number of carbonyl (C=O) groups excluding carboxylic acids is 2. The molecule has 1 aromatic rings. The van der Waals surface area contributed by atoms with Crippen LogP contribution in [0.2, 0.25) is 10.0 Å². The summed E-state index contributed by atoms with van der Waals surface area (Å²) in [6, 6.07) is 5.96. The second-order valence-electron chi connectivity index (χ2n) is 19.1. The fraction of sp³-hybridized carbons (Fsp3) is 0.739. The molecule has 4 nitrogen and oxygen atoms in total. The number of fused-ring (bicyclic) bond motifs is 7. The number of halogens is 3. The summed E-state index contributed by atoms with van der Waals surface area (Å²) in [6.07, 6.45) is 15.4. The number of aldehydes is 1. The fourth-order valence-electron chi connectivity index (χ4n) is 14.0. The highest BCUT2D eigenvalue weighted by molar-refractivity contribution is 6.42. The molecule has 5 saturated carbocycles. The molecule has 0 heterocycles. The van der Waals surface area contributed by atoms with E-state index >= 15 is 0 Å². The normalized spacial score (nSPS) is 40.1. The van der Waals surface area contributed by atoms with Crippen molar-refractivity contribution in [2.24, 2.45) is 75.4 Å². The number of aliphatic hydroxyl groups excluding tert-OH is 1. The molecule has 5 fully saturated rings. The molecule has 0 aromatic heterocycles. The van der Waals surface area contributed by atoms with Crippen molar-refractivity contribution in [3.8, 4) is 0 Å². The summed E-state index contributed by atoms with van der Waals surface area (Å²) in [6.45, 7) is 21.4. The number of Topliss-reactive ketones (excluding diaryl/α,β-unsaturated/α-hetero) is 1. The van der Waals surface area contributed by atoms with Gasteiger partial charge in [0.2, 0.25) is 0 Å². The van der Waals surface area contributed by atoms with E-state index in [9.17, 15) is 9.59 Å². The van der Waals surface area contributed by atoms with E-state index in [0.29, 0.717) is 56.2 Å². The molecule has 53 heavy (non-hydrogen) atoms. The summed E-state index contributed by atoms with van der Waals surface area (Å²) >= 11 is 12.5. The van der Waals surface area contributed by atoms with Crippen LogP contribution in [-0.4, -0.2) is 30.8 Å². The average Bonchev–Trinajstić information content (AvgIpc) is 3.42. The first kappa shape index (κ1) is 42.6. The highest BCUT2D eigenvalue weighted by atomic mass is 35.5. The molecule has 1 aromatic carbocycles. The molecule has 12 unspecified atom stereocenters. The van der Waals surface area contributed by atoms with Gasteiger partial charge >= 0.3 is 0 Å². The first-order valence-electron chi connectivity index (χ1n) is 20.7. The number of hydrogen-bond donors (Lipinski definition) is 2. The fourth-order valence-corrected chi connectivity index (χ4v) is 14.3. The molecule has 296 valence electrons. The number of carbonyl (C=O) groups is 2. The van der Waals surface area contributed by atoms with E-state index in [0.717, 1.165) is 57.6 Å². The monoisotopic (exact) mass is 771 g/mol. The van der Waals surface area contributed by atoms with Crippen LogP contribution in [0.15, 0.2) is 41.5 Å². The van der Waals surface area contributed by atoms with E-state index < -0.39 is 0 Å². The van der Waals surface area contributed by atoms with Crippen LogP contribution >= 0.6 is 23.2 Å². The summed E-state index contributed by atoms with van der Waals surface area (Å²) in [7, 11) is 1.00. The second kappa shape index (κ2) is 16.5. The zero-order valence-corrected chi connectivity index (χ0v) is 35.1. The van der Waals surface area contributed by atoms with Crippen LogP contribution in [0.4, 0.5) is 4.70 Å². The zero-order chi connectivity index (χ0) is 37.7. The van der Waals surface area contributed by atoms with E-state index in [1.807, 2.05) is 17.7 Å². The number of ketones is 1. The van der Waals surface area contributed by atoms with E-state index in [-0.39, 0.29) is 27.9 Å². The SMILES string of the molecule is C=C1CC2(CCNCc3ccc(Cl)c(Cl)c3)CCC3C(CCC4C3(C)CCC3C(C)C(CC(=O)C5CC(C=O)C5C)CCC34C)C2=C1C(C)C.CO.F. The van der Waals surface area contributed by atoms with Crippen molar-refractivity contribution in [2.45, 2.75) is 125 Å². The Morgan fingerprint density at radius 2 is 1.66 bits per heavy atom. The Bertz CT molecular complexity index is 1560. The molecule has 0 bridgehead atoms. The largest absolute Gasteiger partial charge is 0.400 e. The van der Waals surface area contributed by atoms with Gasteiger partial charge in [0.05, 0.1) is 10.0 Å². The third-order valence-electron chi connectivity index (χ3n) is 16.6. The third-order valence-corrected chi connectivity index (χ3v) is 17.4. The lowest BCUT2D eigenvalue weighted by Gasteiger charge is -2.67. The molecule has 7 heteroatoms. The molecule has 6 aliphatic rings. The van der Waals surface area contributed by atoms with Crippen LogP contribution in [0.25, 0.3) is 0 Å². The third kappa shape index (κ3) is 7.30. The van der Waals surface area contributed by atoms with Crippen molar-refractivity contribution in [1.29, 1.82) is 0 Å². The maximum Gasteiger partial charge on any atom is 0.136 e. The van der Waals surface area contributed by atoms with Gasteiger partial charge in [0.25, 0.3) is 0 Å². The molecule has 0 saturated heterocycles. The smallest absolute Gasteiger partial charge is 0.136 e. The first-order valence-corrected chi connectivity index (χ1v) is 21.5. The summed E-state index contributed by atoms with van der Waals surface area (Å²) in [4.78, 5) is 24.8. The molecule has 0 radical (unpaired) electrons. The van der Waals surface area contributed by atoms with Crippen molar-refractivity contribution in [3.63, 3.8) is 0 Å². The Labute approximate surface area is 330 Å². The van der Waals surface area contributed by atoms with Crippen LogP contribution in [-0.2, 0) is 16.1 Å². The number of aliphatic hydroxyl groups is 1. The summed E-state index contributed by atoms with van der Waals surface area (Å²) < 4.78 is 0. The van der Waals surface area contributed by atoms with Crippen molar-refractivity contribution in [2.75, 3.05) is 13.7 Å². The molecular weight excluding hydrogens is 704 g/mol. The highest BCUT2D eigenvalue weighted by Gasteiger charge is 2.64. The molecule has 2 N–H and O–H groups in total. The maximum atomic E-state index is 13.4. The predicted molar refractivity (Wildman–Crippen MR) is 218 cm³/mol. The van der Waals surface area contributed by atoms with Gasteiger partial charge in [-0.3, -0.25) is 9.50 Å². The zero-order valence-electron chi connectivity index (χ0n) is 33.6. The molecule has 12 atom stereocenters. The van der Waals surface area contributed by atoms with Gasteiger partial charge in [-0.25, -0.2) is 0 Å². The standard InChI is InChI=1S/C45H63Cl2NO2.CH4O.FH/c1-26(2)41-27(3)23-45(18-19-48-24-30-8-10-37(46)38(47)20-30)17-14-36-33(42(41)45)9-11-40-43(6)15-12-31(29(5)35(43)13-16-44(36,40)7)22-39(50)34-21-32(25-49)28(34)4;1-2;/h8,10,20,25-26,28-29,31-36,40,48H,3,9,11-19,21-24H2,1-2,4-7H3;2H,1H3;1H. The van der Waals surface area contributed by atoms with Crippen molar-refractivity contribution < 1.29 is 19.4 Å². The Morgan fingerprint density at radius 3 is 2.32 bits per heavy atom. The van der Waals surface area contributed by atoms with Crippen molar-refractivity contribution in [3.05, 3.63) is 57.1 Å². The minimum absolute atomic E-state index is 0. The molecule has 0 aliphatic heterocycles. The summed E-state index contributed by atoms with van der Waals surface area (Å²) in [5.41, 5.74) is 7.04. The van der Waals surface area contributed by atoms with E-state index in [4.69, 9.17) is 34.9 Å². The predicted octanol–water partition coefficient (Wildman–Crippen LogP) is 11.5. The topological polar surface area (TPSA) is 66.4 Å². The van der Waals surface area contributed by atoms with Gasteiger partial charge in [-0.1, -0.05) is 88.5 Å². The van der Waals surface area contributed by atoms with Crippen LogP contribution in [0.3, 0.4) is 0 Å². The van der Waals surface area contributed by atoms with Gasteiger partial charge in [-0.05, 0) is 164 Å². The van der Waals surface area contributed by atoms with Crippen molar-refractivity contribution in [1.82, 2.24) is 5.32 Å². The van der Waals surface area contributed by atoms with Crippen LogP contribution in [0, 0.1) is 75.4 Å². The van der Waals surface area contributed by atoms with Gasteiger partial charge < -0.3 is 15.2 Å². The quantitative estimate of drug-likeness (QED) is 0.184. The van der Waals surface area contributed by atoms with Gasteiger partial charge in [-0.15, -0.1) is 0 Å². The maximum absolute atomic E-state index is 13.4. The van der Waals surface area contributed by atoms with Crippen LogP contribution < -0.4 is 5.32 Å². The number of nitrogens with one attached hydrogen (secondary N) is 1. The minimum Gasteiger partial charge on any atom is -0.400 e. The Balaban J connectivity index is 0.00000178. The Kier molecular flexibility index (Phi) is 13.3. The molecule has 6 aliphatic carbocycles. The van der Waals surface area contributed by atoms with Gasteiger partial charge in [0.1, 0.15) is 12.1 Å². The summed E-state index contributed by atoms with van der Waals surface area (Å²) in [5, 5.41) is 12.0. The summed E-state index contributed by atoms with van der Waals surface area (Å²) in [5.74, 6) is 5.43. The lowest BCUT2D eigenvalue weighted by atomic mass is 9.37. The lowest BCUT2D eigenvalue weighted by Crippen LogP contribution is -2.60. The van der Waals surface area contributed by atoms with E-state index in [2.05, 4.69) is 52.9 Å². The van der Waals surface area contributed by atoms with Crippen LogP contribution in [0.5, 0.6) is 0 Å². The average molecular weight is 773 g/mol. The van der Waals surface area contributed by atoms with Gasteiger partial charge in [0, 0.05) is 31.9 Å². The molecule has 0 spiro atoms. The van der Waals surface area contributed by atoms with E-state index in [1.54, 1.807) is 5.57 Å². The Morgan fingerprint density at radius 1 is 0.981 bits per heavy atom. The lowest BCUT2D eigenvalue weighted by molar-refractivity contribution is -0.172. The Hall–Kier alpha value is -1.53. The highest BCUT2D eigenvalue weighted by Crippen LogP contribution is 2.73. The number of benzene rings is 1. The van der Waals surface area contributed by atoms with Crippen LogP contribution in [0.1, 0.15) is 124 Å². The molecule has 0 amide bonds. The molecular formula is C46H68Cl2FNO3. The number of rotatable bonds is 10. The molecule has 7 rings (SSSR count). The second-order valence-corrected chi connectivity index (χ2v) is 19.9. The van der Waals surface area contributed by atoms with Crippen molar-refractivity contribution >= 4 is 35.3 Å². The first-order chi connectivity index (χ1) is 24.7. The van der Waals surface area contributed by atoms with E-state index in [1.165, 1.54) is 68.9 Å². The van der Waals surface area contributed by atoms with Gasteiger partial charge in [0.15, 0.2) is 0 Å². The van der Waals surface area contributed by atoms with Gasteiger partial charge in [-0.2, -0.15) is 0 Å². The minimum atomic E-state index is 0.